The van der Waals surface area contributed by atoms with E-state index < -0.39 is 28.5 Å². The minimum absolute atomic E-state index is 0.0395. The maximum atomic E-state index is 13.8. The average Bonchev–Trinajstić information content (AvgIpc) is 2.91. The monoisotopic (exact) mass is 619 g/mol. The van der Waals surface area contributed by atoms with Gasteiger partial charge in [0.2, 0.25) is 11.8 Å². The highest BCUT2D eigenvalue weighted by Gasteiger charge is 2.32. The molecule has 0 fully saturated rings. The molecule has 0 bridgehead atoms. The number of rotatable bonds is 11. The standard InChI is InChI=1S/C28H31BrClN3O4S/c1-4-16-31-28(35)21(3)32(18-22-11-13-23(29)14-12-22)27(34)19-33(24-15-10-20(2)26(30)17-24)38(36,37)25-8-6-5-7-9-25/h5-15,17,21H,4,16,18-19H2,1-3H3,(H,31,35)/t21-/m0/s1. The Morgan fingerprint density at radius 2 is 1.68 bits per heavy atom. The molecule has 3 aromatic carbocycles. The molecule has 10 heteroatoms. The molecule has 3 aromatic rings. The number of carbonyl (C=O) groups is 2. The molecule has 0 aliphatic carbocycles. The van der Waals surface area contributed by atoms with E-state index in [2.05, 4.69) is 21.2 Å². The van der Waals surface area contributed by atoms with Crippen molar-refractivity contribution >= 4 is 55.1 Å². The van der Waals surface area contributed by atoms with Crippen LogP contribution in [0.15, 0.2) is 82.2 Å². The van der Waals surface area contributed by atoms with Crippen LogP contribution in [-0.4, -0.2) is 44.3 Å². The Labute approximate surface area is 238 Å². The maximum absolute atomic E-state index is 13.8. The molecule has 0 radical (unpaired) electrons. The second kappa shape index (κ2) is 13.3. The lowest BCUT2D eigenvalue weighted by molar-refractivity contribution is -0.139. The summed E-state index contributed by atoms with van der Waals surface area (Å²) in [5, 5.41) is 3.20. The van der Waals surface area contributed by atoms with Crippen molar-refractivity contribution < 1.29 is 18.0 Å². The maximum Gasteiger partial charge on any atom is 0.264 e. The quantitative estimate of drug-likeness (QED) is 0.305. The molecule has 38 heavy (non-hydrogen) atoms. The van der Waals surface area contributed by atoms with Crippen molar-refractivity contribution in [2.45, 2.75) is 44.7 Å². The number of halogens is 2. The van der Waals surface area contributed by atoms with Gasteiger partial charge >= 0.3 is 0 Å². The average molecular weight is 621 g/mol. The van der Waals surface area contributed by atoms with Crippen LogP contribution in [0.4, 0.5) is 5.69 Å². The first-order chi connectivity index (χ1) is 18.0. The lowest BCUT2D eigenvalue weighted by atomic mass is 10.1. The molecule has 0 aromatic heterocycles. The number of benzene rings is 3. The number of aryl methyl sites for hydroxylation is 1. The molecule has 0 unspecified atom stereocenters. The largest absolute Gasteiger partial charge is 0.354 e. The van der Waals surface area contributed by atoms with Crippen molar-refractivity contribution in [3.63, 3.8) is 0 Å². The molecule has 1 N–H and O–H groups in total. The van der Waals surface area contributed by atoms with Crippen LogP contribution in [0.5, 0.6) is 0 Å². The molecule has 2 amide bonds. The summed E-state index contributed by atoms with van der Waals surface area (Å²) in [5.41, 5.74) is 1.83. The fourth-order valence-electron chi connectivity index (χ4n) is 3.75. The van der Waals surface area contributed by atoms with Gasteiger partial charge in [0.25, 0.3) is 10.0 Å². The zero-order chi connectivity index (χ0) is 27.9. The highest BCUT2D eigenvalue weighted by molar-refractivity contribution is 9.10. The number of carbonyl (C=O) groups excluding carboxylic acids is 2. The van der Waals surface area contributed by atoms with Gasteiger partial charge in [-0.3, -0.25) is 13.9 Å². The van der Waals surface area contributed by atoms with Crippen LogP contribution >= 0.6 is 27.5 Å². The van der Waals surface area contributed by atoms with Crippen molar-refractivity contribution in [2.24, 2.45) is 0 Å². The van der Waals surface area contributed by atoms with Gasteiger partial charge in [-0.05, 0) is 67.8 Å². The summed E-state index contributed by atoms with van der Waals surface area (Å²) < 4.78 is 29.4. The number of hydrogen-bond acceptors (Lipinski definition) is 4. The SMILES string of the molecule is CCCNC(=O)[C@H](C)N(Cc1ccc(Br)cc1)C(=O)CN(c1ccc(C)c(Cl)c1)S(=O)(=O)c1ccccc1. The van der Waals surface area contributed by atoms with Gasteiger partial charge in [-0.25, -0.2) is 8.42 Å². The van der Waals surface area contributed by atoms with Gasteiger partial charge in [-0.1, -0.05) is 70.9 Å². The van der Waals surface area contributed by atoms with Gasteiger partial charge in [-0.15, -0.1) is 0 Å². The highest BCUT2D eigenvalue weighted by Crippen LogP contribution is 2.28. The van der Waals surface area contributed by atoms with Crippen LogP contribution in [0.25, 0.3) is 0 Å². The van der Waals surface area contributed by atoms with E-state index in [4.69, 9.17) is 11.6 Å². The number of sulfonamides is 1. The van der Waals surface area contributed by atoms with Crippen LogP contribution < -0.4 is 9.62 Å². The van der Waals surface area contributed by atoms with Gasteiger partial charge in [0.1, 0.15) is 12.6 Å². The van der Waals surface area contributed by atoms with E-state index in [9.17, 15) is 18.0 Å². The topological polar surface area (TPSA) is 86.8 Å². The number of amides is 2. The van der Waals surface area contributed by atoms with Gasteiger partial charge in [0.05, 0.1) is 10.6 Å². The zero-order valence-corrected chi connectivity index (χ0v) is 24.7. The summed E-state index contributed by atoms with van der Waals surface area (Å²) in [7, 11) is -4.13. The van der Waals surface area contributed by atoms with E-state index in [1.54, 1.807) is 37.3 Å². The second-order valence-corrected chi connectivity index (χ2v) is 12.1. The molecule has 3 rings (SSSR count). The summed E-state index contributed by atoms with van der Waals surface area (Å²) in [6.45, 7) is 5.47. The molecule has 7 nitrogen and oxygen atoms in total. The van der Waals surface area contributed by atoms with Crippen LogP contribution in [0, 0.1) is 6.92 Å². The molecule has 202 valence electrons. The third-order valence-corrected chi connectivity index (χ3v) is 8.76. The van der Waals surface area contributed by atoms with Crippen molar-refractivity contribution in [3.05, 3.63) is 93.4 Å². The Bertz CT molecular complexity index is 1370. The Balaban J connectivity index is 2.02. The van der Waals surface area contributed by atoms with Crippen molar-refractivity contribution in [3.8, 4) is 0 Å². The fraction of sp³-hybridized carbons (Fsp3) is 0.286. The Morgan fingerprint density at radius 1 is 1.03 bits per heavy atom. The van der Waals surface area contributed by atoms with E-state index in [1.807, 2.05) is 38.1 Å². The van der Waals surface area contributed by atoms with E-state index >= 15 is 0 Å². The number of nitrogens with one attached hydrogen (secondary N) is 1. The van der Waals surface area contributed by atoms with Gasteiger partial charge in [-0.2, -0.15) is 0 Å². The summed E-state index contributed by atoms with van der Waals surface area (Å²) in [6.07, 6.45) is 0.746. The first kappa shape index (κ1) is 29.7. The third kappa shape index (κ3) is 7.36. The van der Waals surface area contributed by atoms with Crippen LogP contribution in [-0.2, 0) is 26.2 Å². The van der Waals surface area contributed by atoms with E-state index in [0.717, 1.165) is 26.3 Å². The Hall–Kier alpha value is -2.88. The minimum Gasteiger partial charge on any atom is -0.354 e. The van der Waals surface area contributed by atoms with E-state index in [0.29, 0.717) is 11.6 Å². The summed E-state index contributed by atoms with van der Waals surface area (Å²) >= 11 is 9.75. The highest BCUT2D eigenvalue weighted by atomic mass is 79.9. The zero-order valence-electron chi connectivity index (χ0n) is 21.5. The fourth-order valence-corrected chi connectivity index (χ4v) is 5.62. The summed E-state index contributed by atoms with van der Waals surface area (Å²) in [6, 6.07) is 19.3. The van der Waals surface area contributed by atoms with Crippen molar-refractivity contribution in [1.82, 2.24) is 10.2 Å². The molecule has 0 heterocycles. The summed E-state index contributed by atoms with van der Waals surface area (Å²) in [5.74, 6) is -0.837. The molecular weight excluding hydrogens is 590 g/mol. The van der Waals surface area contributed by atoms with Gasteiger partial charge in [0, 0.05) is 22.6 Å². The van der Waals surface area contributed by atoms with Gasteiger partial charge < -0.3 is 10.2 Å². The first-order valence-corrected chi connectivity index (χ1v) is 14.8. The predicted molar refractivity (Wildman–Crippen MR) is 155 cm³/mol. The normalized spacial score (nSPS) is 12.0. The summed E-state index contributed by atoms with van der Waals surface area (Å²) in [4.78, 5) is 28.2. The number of anilines is 1. The van der Waals surface area contributed by atoms with E-state index in [1.165, 1.54) is 23.1 Å². The molecule has 0 aliphatic heterocycles. The molecule has 1 atom stereocenters. The predicted octanol–water partition coefficient (Wildman–Crippen LogP) is 5.55. The second-order valence-electron chi connectivity index (χ2n) is 8.87. The number of hydrogen-bond donors (Lipinski definition) is 1. The minimum atomic E-state index is -4.13. The van der Waals surface area contributed by atoms with Crippen LogP contribution in [0.1, 0.15) is 31.4 Å². The Morgan fingerprint density at radius 3 is 2.29 bits per heavy atom. The van der Waals surface area contributed by atoms with Crippen LogP contribution in [0.2, 0.25) is 5.02 Å². The lowest BCUT2D eigenvalue weighted by Crippen LogP contribution is -2.51. The van der Waals surface area contributed by atoms with E-state index in [-0.39, 0.29) is 23.0 Å². The molecular formula is C28H31BrClN3O4S. The van der Waals surface area contributed by atoms with Crippen LogP contribution in [0.3, 0.4) is 0 Å². The molecule has 0 saturated heterocycles. The lowest BCUT2D eigenvalue weighted by Gasteiger charge is -2.32. The molecule has 0 saturated carbocycles. The third-order valence-electron chi connectivity index (χ3n) is 6.04. The van der Waals surface area contributed by atoms with Gasteiger partial charge in [0.15, 0.2) is 0 Å². The Kier molecular flexibility index (Phi) is 10.4. The first-order valence-electron chi connectivity index (χ1n) is 12.2. The molecule has 0 aliphatic rings. The number of nitrogens with zero attached hydrogens (tertiary/aromatic N) is 2. The molecule has 0 spiro atoms. The van der Waals surface area contributed by atoms with Crippen molar-refractivity contribution in [1.29, 1.82) is 0 Å². The smallest absolute Gasteiger partial charge is 0.264 e. The van der Waals surface area contributed by atoms with Crippen molar-refractivity contribution in [2.75, 3.05) is 17.4 Å².